The van der Waals surface area contributed by atoms with Crippen LogP contribution in [0.1, 0.15) is 25.3 Å². The molecule has 0 amide bonds. The summed E-state index contributed by atoms with van der Waals surface area (Å²) >= 11 is 3.52. The average molecular weight is 313 g/mol. The Morgan fingerprint density at radius 3 is 2.89 bits per heavy atom. The molecule has 1 fully saturated rings. The highest BCUT2D eigenvalue weighted by Crippen LogP contribution is 2.34. The molecule has 5 heteroatoms. The summed E-state index contributed by atoms with van der Waals surface area (Å²) < 4.78 is 5.94. The minimum Gasteiger partial charge on any atom is -0.465 e. The first-order valence-electron chi connectivity index (χ1n) is 6.16. The van der Waals surface area contributed by atoms with Crippen molar-refractivity contribution in [3.05, 3.63) is 22.3 Å². The van der Waals surface area contributed by atoms with Crippen molar-refractivity contribution >= 4 is 27.7 Å². The Hall–Kier alpha value is -1.10. The van der Waals surface area contributed by atoms with Crippen LogP contribution in [0.4, 0.5) is 5.82 Å². The summed E-state index contributed by atoms with van der Waals surface area (Å²) in [7, 11) is 0. The number of esters is 1. The number of ether oxygens (including phenoxy) is 1. The topological polar surface area (TPSA) is 42.4 Å². The van der Waals surface area contributed by atoms with E-state index in [2.05, 4.69) is 20.9 Å². The molecule has 2 rings (SSSR count). The van der Waals surface area contributed by atoms with Crippen molar-refractivity contribution in [3.63, 3.8) is 0 Å². The Morgan fingerprint density at radius 2 is 2.33 bits per heavy atom. The number of hydrogen-bond donors (Lipinski definition) is 0. The van der Waals surface area contributed by atoms with Crippen LogP contribution >= 0.6 is 15.9 Å². The van der Waals surface area contributed by atoms with E-state index < -0.39 is 0 Å². The maximum absolute atomic E-state index is 11.6. The Labute approximate surface area is 115 Å². The number of aromatic nitrogens is 1. The van der Waals surface area contributed by atoms with E-state index in [1.54, 1.807) is 0 Å². The van der Waals surface area contributed by atoms with E-state index in [4.69, 9.17) is 4.74 Å². The summed E-state index contributed by atoms with van der Waals surface area (Å²) in [5.74, 6) is 0.634. The molecule has 1 heterocycles. The fourth-order valence-corrected chi connectivity index (χ4v) is 2.54. The summed E-state index contributed by atoms with van der Waals surface area (Å²) in [5, 5.41) is 0. The van der Waals surface area contributed by atoms with Crippen LogP contribution in [0, 0.1) is 6.92 Å². The minimum absolute atomic E-state index is 0.196. The monoisotopic (exact) mass is 312 g/mol. The minimum atomic E-state index is -0.196. The fourth-order valence-electron chi connectivity index (χ4n) is 1.85. The summed E-state index contributed by atoms with van der Waals surface area (Å²) in [5.41, 5.74) is 1.09. The summed E-state index contributed by atoms with van der Waals surface area (Å²) in [4.78, 5) is 18.1. The lowest BCUT2D eigenvalue weighted by atomic mass is 10.3. The van der Waals surface area contributed by atoms with E-state index in [1.807, 2.05) is 31.0 Å². The number of aryl methyl sites for hydroxylation is 1. The number of halogens is 1. The van der Waals surface area contributed by atoms with Gasteiger partial charge >= 0.3 is 5.97 Å². The third kappa shape index (κ3) is 3.22. The molecule has 0 radical (unpaired) electrons. The van der Waals surface area contributed by atoms with Gasteiger partial charge in [-0.2, -0.15) is 0 Å². The molecule has 1 aliphatic carbocycles. The molecule has 0 bridgehead atoms. The Kier molecular flexibility index (Phi) is 4.22. The lowest BCUT2D eigenvalue weighted by Crippen LogP contribution is -2.33. The van der Waals surface area contributed by atoms with E-state index in [1.165, 1.54) is 0 Å². The van der Waals surface area contributed by atoms with Crippen LogP contribution in [0.3, 0.4) is 0 Å². The number of rotatable bonds is 5. The van der Waals surface area contributed by atoms with Gasteiger partial charge in [-0.05, 0) is 54.2 Å². The summed E-state index contributed by atoms with van der Waals surface area (Å²) in [6.07, 6.45) is 4.05. The Bertz CT molecular complexity index is 447. The van der Waals surface area contributed by atoms with Crippen LogP contribution in [0.15, 0.2) is 16.7 Å². The van der Waals surface area contributed by atoms with E-state index in [9.17, 15) is 4.79 Å². The second-order valence-corrected chi connectivity index (χ2v) is 5.34. The Balaban J connectivity index is 2.16. The molecule has 1 aliphatic rings. The molecular formula is C13H17BrN2O2. The lowest BCUT2D eigenvalue weighted by molar-refractivity contribution is -0.141. The lowest BCUT2D eigenvalue weighted by Gasteiger charge is -2.23. The van der Waals surface area contributed by atoms with E-state index in [0.717, 1.165) is 28.7 Å². The van der Waals surface area contributed by atoms with Gasteiger partial charge in [0.1, 0.15) is 12.4 Å². The highest BCUT2D eigenvalue weighted by Gasteiger charge is 2.32. The molecule has 0 spiro atoms. The van der Waals surface area contributed by atoms with Gasteiger partial charge in [-0.3, -0.25) is 4.79 Å². The predicted octanol–water partition coefficient (Wildman–Crippen LogP) is 2.68. The third-order valence-electron chi connectivity index (χ3n) is 2.82. The predicted molar refractivity (Wildman–Crippen MR) is 73.7 cm³/mol. The van der Waals surface area contributed by atoms with Gasteiger partial charge in [-0.25, -0.2) is 4.98 Å². The van der Waals surface area contributed by atoms with Crippen molar-refractivity contribution in [1.29, 1.82) is 0 Å². The molecule has 1 aromatic heterocycles. The van der Waals surface area contributed by atoms with Crippen molar-refractivity contribution in [2.75, 3.05) is 18.1 Å². The number of carbonyl (C=O) groups is 1. The van der Waals surface area contributed by atoms with Gasteiger partial charge in [0.25, 0.3) is 0 Å². The van der Waals surface area contributed by atoms with Crippen molar-refractivity contribution in [3.8, 4) is 0 Å². The van der Waals surface area contributed by atoms with Crippen LogP contribution in [-0.2, 0) is 9.53 Å². The van der Waals surface area contributed by atoms with Gasteiger partial charge in [0.05, 0.1) is 11.1 Å². The zero-order chi connectivity index (χ0) is 13.1. The quantitative estimate of drug-likeness (QED) is 0.784. The molecule has 18 heavy (non-hydrogen) atoms. The second-order valence-electron chi connectivity index (χ2n) is 4.48. The van der Waals surface area contributed by atoms with Crippen LogP contribution in [0.25, 0.3) is 0 Å². The molecular weight excluding hydrogens is 296 g/mol. The standard InChI is InChI=1S/C13H17BrN2O2/c1-3-18-12(17)8-16(10-4-5-10)13-11(14)6-9(2)7-15-13/h6-7,10H,3-5,8H2,1-2H3. The second kappa shape index (κ2) is 5.69. The first kappa shape index (κ1) is 13.3. The highest BCUT2D eigenvalue weighted by molar-refractivity contribution is 9.10. The summed E-state index contributed by atoms with van der Waals surface area (Å²) in [6.45, 7) is 4.50. The SMILES string of the molecule is CCOC(=O)CN(c1ncc(C)cc1Br)C1CC1. The summed E-state index contributed by atoms with van der Waals surface area (Å²) in [6, 6.07) is 2.43. The zero-order valence-corrected chi connectivity index (χ0v) is 12.2. The normalized spacial score (nSPS) is 14.4. The fraction of sp³-hybridized carbons (Fsp3) is 0.538. The van der Waals surface area contributed by atoms with Crippen molar-refractivity contribution in [1.82, 2.24) is 4.98 Å². The van der Waals surface area contributed by atoms with E-state index in [0.29, 0.717) is 12.6 Å². The molecule has 0 aromatic carbocycles. The van der Waals surface area contributed by atoms with Crippen molar-refractivity contribution in [2.45, 2.75) is 32.7 Å². The first-order chi connectivity index (χ1) is 8.61. The van der Waals surface area contributed by atoms with Crippen LogP contribution < -0.4 is 4.90 Å². The molecule has 4 nitrogen and oxygen atoms in total. The average Bonchev–Trinajstić information content (AvgIpc) is 3.11. The molecule has 98 valence electrons. The largest absolute Gasteiger partial charge is 0.465 e. The number of carbonyl (C=O) groups excluding carboxylic acids is 1. The van der Waals surface area contributed by atoms with E-state index >= 15 is 0 Å². The maximum Gasteiger partial charge on any atom is 0.325 e. The van der Waals surface area contributed by atoms with Gasteiger partial charge in [-0.1, -0.05) is 0 Å². The number of pyridine rings is 1. The highest BCUT2D eigenvalue weighted by atomic mass is 79.9. The Morgan fingerprint density at radius 1 is 1.61 bits per heavy atom. The molecule has 0 atom stereocenters. The van der Waals surface area contributed by atoms with Gasteiger partial charge < -0.3 is 9.64 Å². The van der Waals surface area contributed by atoms with Crippen LogP contribution in [0.5, 0.6) is 0 Å². The first-order valence-corrected chi connectivity index (χ1v) is 6.95. The van der Waals surface area contributed by atoms with Gasteiger partial charge in [-0.15, -0.1) is 0 Å². The number of anilines is 1. The maximum atomic E-state index is 11.6. The van der Waals surface area contributed by atoms with Crippen LogP contribution in [0.2, 0.25) is 0 Å². The van der Waals surface area contributed by atoms with Crippen LogP contribution in [-0.4, -0.2) is 30.1 Å². The number of hydrogen-bond acceptors (Lipinski definition) is 4. The van der Waals surface area contributed by atoms with Gasteiger partial charge in [0.15, 0.2) is 0 Å². The van der Waals surface area contributed by atoms with Gasteiger partial charge in [0.2, 0.25) is 0 Å². The van der Waals surface area contributed by atoms with E-state index in [-0.39, 0.29) is 12.5 Å². The number of nitrogens with zero attached hydrogens (tertiary/aromatic N) is 2. The molecule has 1 aromatic rings. The van der Waals surface area contributed by atoms with Crippen molar-refractivity contribution < 1.29 is 9.53 Å². The molecule has 0 saturated heterocycles. The molecule has 0 unspecified atom stereocenters. The zero-order valence-electron chi connectivity index (χ0n) is 10.6. The molecule has 1 saturated carbocycles. The smallest absolute Gasteiger partial charge is 0.325 e. The van der Waals surface area contributed by atoms with Gasteiger partial charge in [0, 0.05) is 12.2 Å². The molecule has 0 N–H and O–H groups in total. The molecule has 0 aliphatic heterocycles. The third-order valence-corrected chi connectivity index (χ3v) is 3.41. The van der Waals surface area contributed by atoms with Crippen molar-refractivity contribution in [2.24, 2.45) is 0 Å².